The molecule has 0 atom stereocenters. The van der Waals surface area contributed by atoms with Gasteiger partial charge < -0.3 is 9.47 Å². The SMILES string of the molecule is COC(=O)C1=C(C(=O)OC)/C=C\C=C/C=C\1. The number of hydrogen-bond donors (Lipinski definition) is 0. The predicted octanol–water partition coefficient (Wildman–Crippen LogP) is 1.31. The molecule has 0 unspecified atom stereocenters. The number of rotatable bonds is 2. The molecule has 1 aliphatic carbocycles. The third-order valence-electron chi connectivity index (χ3n) is 1.96. The van der Waals surface area contributed by atoms with Crippen molar-refractivity contribution in [2.45, 2.75) is 0 Å². The molecule has 0 aliphatic heterocycles. The lowest BCUT2D eigenvalue weighted by Gasteiger charge is -2.06. The average molecular weight is 220 g/mol. The summed E-state index contributed by atoms with van der Waals surface area (Å²) in [5, 5.41) is 0. The number of ether oxygens (including phenoxy) is 2. The molecule has 1 rings (SSSR count). The molecule has 0 amide bonds. The highest BCUT2D eigenvalue weighted by molar-refractivity contribution is 6.04. The quantitative estimate of drug-likeness (QED) is 0.658. The van der Waals surface area contributed by atoms with Crippen LogP contribution in [0.5, 0.6) is 0 Å². The number of hydrogen-bond acceptors (Lipinski definition) is 4. The zero-order valence-electron chi connectivity index (χ0n) is 9.10. The van der Waals surface area contributed by atoms with Crippen LogP contribution in [0.2, 0.25) is 0 Å². The van der Waals surface area contributed by atoms with E-state index in [9.17, 15) is 9.59 Å². The van der Waals surface area contributed by atoms with Crippen LogP contribution in [0.3, 0.4) is 0 Å². The monoisotopic (exact) mass is 220 g/mol. The van der Waals surface area contributed by atoms with E-state index in [1.807, 2.05) is 0 Å². The first kappa shape index (κ1) is 12.0. The van der Waals surface area contributed by atoms with Gasteiger partial charge in [0.2, 0.25) is 0 Å². The summed E-state index contributed by atoms with van der Waals surface area (Å²) in [7, 11) is 2.52. The molecule has 1 aliphatic rings. The second kappa shape index (κ2) is 5.70. The summed E-state index contributed by atoms with van der Waals surface area (Å²) in [5.41, 5.74) is 0.352. The van der Waals surface area contributed by atoms with Gasteiger partial charge in [0.1, 0.15) is 0 Å². The maximum atomic E-state index is 11.5. The zero-order chi connectivity index (χ0) is 12.0. The van der Waals surface area contributed by atoms with Gasteiger partial charge in [0.05, 0.1) is 25.4 Å². The highest BCUT2D eigenvalue weighted by Crippen LogP contribution is 2.13. The Morgan fingerprint density at radius 1 is 0.812 bits per heavy atom. The smallest absolute Gasteiger partial charge is 0.338 e. The van der Waals surface area contributed by atoms with Gasteiger partial charge in [-0.15, -0.1) is 0 Å². The van der Waals surface area contributed by atoms with Crippen molar-refractivity contribution in [3.05, 3.63) is 47.6 Å². The highest BCUT2D eigenvalue weighted by atomic mass is 16.5. The standard InChI is InChI=1S/C12H12O4/c1-15-11(13)9-7-5-3-4-6-8-10(9)12(14)16-2/h3-8H,1-2H3/b4-3-,5-3?,6-4?,7-5-,8-6-,9-7?,10-8?,10-9-. The zero-order valence-corrected chi connectivity index (χ0v) is 9.10. The van der Waals surface area contributed by atoms with E-state index in [1.54, 1.807) is 24.3 Å². The van der Waals surface area contributed by atoms with Crippen molar-refractivity contribution in [1.82, 2.24) is 0 Å². The van der Waals surface area contributed by atoms with Crippen LogP contribution in [0.25, 0.3) is 0 Å². The molecule has 0 radical (unpaired) electrons. The first-order chi connectivity index (χ1) is 7.70. The Labute approximate surface area is 93.5 Å². The summed E-state index contributed by atoms with van der Waals surface area (Å²) in [5.74, 6) is -1.15. The minimum atomic E-state index is -0.573. The Hall–Kier alpha value is -2.10. The van der Waals surface area contributed by atoms with Gasteiger partial charge in [-0.3, -0.25) is 0 Å². The molecule has 4 heteroatoms. The molecule has 84 valence electrons. The molecule has 0 aromatic carbocycles. The van der Waals surface area contributed by atoms with Crippen LogP contribution < -0.4 is 0 Å². The van der Waals surface area contributed by atoms with Crippen molar-refractivity contribution in [1.29, 1.82) is 0 Å². The van der Waals surface area contributed by atoms with Gasteiger partial charge in [0, 0.05) is 0 Å². The van der Waals surface area contributed by atoms with Gasteiger partial charge >= 0.3 is 11.9 Å². The van der Waals surface area contributed by atoms with E-state index >= 15 is 0 Å². The van der Waals surface area contributed by atoms with Gasteiger partial charge in [0.25, 0.3) is 0 Å². The number of allylic oxidation sites excluding steroid dienone is 4. The van der Waals surface area contributed by atoms with E-state index < -0.39 is 11.9 Å². The van der Waals surface area contributed by atoms with Crippen molar-refractivity contribution < 1.29 is 19.1 Å². The molecule has 0 bridgehead atoms. The lowest BCUT2D eigenvalue weighted by molar-refractivity contribution is -0.138. The molecule has 0 saturated heterocycles. The number of carbonyl (C=O) groups excluding carboxylic acids is 2. The third kappa shape index (κ3) is 2.70. The summed E-state index contributed by atoms with van der Waals surface area (Å²) in [4.78, 5) is 22.9. The van der Waals surface area contributed by atoms with Crippen molar-refractivity contribution >= 4 is 11.9 Å². The van der Waals surface area contributed by atoms with Gasteiger partial charge in [-0.05, 0) is 12.2 Å². The van der Waals surface area contributed by atoms with Crippen LogP contribution in [0.4, 0.5) is 0 Å². The maximum absolute atomic E-state index is 11.5. The molecular weight excluding hydrogens is 208 g/mol. The number of carbonyl (C=O) groups is 2. The lowest BCUT2D eigenvalue weighted by atomic mass is 10.1. The van der Waals surface area contributed by atoms with Gasteiger partial charge in [-0.25, -0.2) is 9.59 Å². The average Bonchev–Trinajstić information content (AvgIpc) is 2.27. The highest BCUT2D eigenvalue weighted by Gasteiger charge is 2.18. The molecule has 0 saturated carbocycles. The lowest BCUT2D eigenvalue weighted by Crippen LogP contribution is -2.12. The number of esters is 2. The maximum Gasteiger partial charge on any atom is 0.338 e. The van der Waals surface area contributed by atoms with Crippen molar-refractivity contribution in [2.75, 3.05) is 14.2 Å². The summed E-state index contributed by atoms with van der Waals surface area (Å²) >= 11 is 0. The predicted molar refractivity (Wildman–Crippen MR) is 58.5 cm³/mol. The van der Waals surface area contributed by atoms with Crippen molar-refractivity contribution in [3.63, 3.8) is 0 Å². The minimum Gasteiger partial charge on any atom is -0.465 e. The first-order valence-electron chi connectivity index (χ1n) is 4.63. The van der Waals surface area contributed by atoms with E-state index in [0.717, 1.165) is 0 Å². The van der Waals surface area contributed by atoms with Crippen LogP contribution >= 0.6 is 0 Å². The largest absolute Gasteiger partial charge is 0.465 e. The van der Waals surface area contributed by atoms with Crippen LogP contribution in [-0.4, -0.2) is 26.2 Å². The fourth-order valence-electron chi connectivity index (χ4n) is 1.19. The molecule has 16 heavy (non-hydrogen) atoms. The number of methoxy groups -OCH3 is 2. The van der Waals surface area contributed by atoms with Crippen LogP contribution in [0.15, 0.2) is 47.6 Å². The van der Waals surface area contributed by atoms with Crippen LogP contribution in [-0.2, 0) is 19.1 Å². The topological polar surface area (TPSA) is 52.6 Å². The Balaban J connectivity index is 3.24. The third-order valence-corrected chi connectivity index (χ3v) is 1.96. The summed E-state index contributed by atoms with van der Waals surface area (Å²) < 4.78 is 9.19. The van der Waals surface area contributed by atoms with E-state index in [4.69, 9.17) is 0 Å². The minimum absolute atomic E-state index is 0.176. The Kier molecular flexibility index (Phi) is 4.27. The molecular formula is C12H12O4. The van der Waals surface area contributed by atoms with Crippen molar-refractivity contribution in [3.8, 4) is 0 Å². The fourth-order valence-corrected chi connectivity index (χ4v) is 1.19. The molecule has 0 heterocycles. The van der Waals surface area contributed by atoms with Gasteiger partial charge in [-0.1, -0.05) is 24.3 Å². The second-order valence-corrected chi connectivity index (χ2v) is 2.91. The van der Waals surface area contributed by atoms with Crippen molar-refractivity contribution in [2.24, 2.45) is 0 Å². The molecule has 0 spiro atoms. The summed E-state index contributed by atoms with van der Waals surface area (Å²) in [6.45, 7) is 0. The first-order valence-corrected chi connectivity index (χ1v) is 4.63. The van der Waals surface area contributed by atoms with E-state index in [-0.39, 0.29) is 11.1 Å². The van der Waals surface area contributed by atoms with Gasteiger partial charge in [0.15, 0.2) is 0 Å². The Morgan fingerprint density at radius 3 is 1.50 bits per heavy atom. The molecule has 0 N–H and O–H groups in total. The molecule has 0 aromatic heterocycles. The molecule has 4 nitrogen and oxygen atoms in total. The normalized spacial score (nSPS) is 24.9. The second-order valence-electron chi connectivity index (χ2n) is 2.91. The summed E-state index contributed by atoms with van der Waals surface area (Å²) in [6.07, 6.45) is 9.81. The molecule has 0 aromatic rings. The van der Waals surface area contributed by atoms with Crippen LogP contribution in [0.1, 0.15) is 0 Å². The molecule has 0 fully saturated rings. The summed E-state index contributed by atoms with van der Waals surface area (Å²) in [6, 6.07) is 0. The Morgan fingerprint density at radius 2 is 1.19 bits per heavy atom. The van der Waals surface area contributed by atoms with Gasteiger partial charge in [-0.2, -0.15) is 0 Å². The Bertz CT molecular complexity index is 373. The van der Waals surface area contributed by atoms with E-state index in [1.165, 1.54) is 26.4 Å². The van der Waals surface area contributed by atoms with E-state index in [2.05, 4.69) is 9.47 Å². The fraction of sp³-hybridized carbons (Fsp3) is 0.167. The van der Waals surface area contributed by atoms with Crippen LogP contribution in [0, 0.1) is 0 Å². The van der Waals surface area contributed by atoms with E-state index in [0.29, 0.717) is 0 Å².